The fourth-order valence-electron chi connectivity index (χ4n) is 3.20. The summed E-state index contributed by atoms with van der Waals surface area (Å²) in [5.41, 5.74) is 7.60. The molecule has 0 unspecified atom stereocenters. The van der Waals surface area contributed by atoms with Crippen molar-refractivity contribution in [3.63, 3.8) is 0 Å². The lowest BCUT2D eigenvalue weighted by Gasteiger charge is -2.21. The number of anilines is 1. The van der Waals surface area contributed by atoms with Crippen molar-refractivity contribution < 1.29 is 9.84 Å². The summed E-state index contributed by atoms with van der Waals surface area (Å²) >= 11 is 0. The third-order valence-corrected chi connectivity index (χ3v) is 4.59. The van der Waals surface area contributed by atoms with Gasteiger partial charge < -0.3 is 15.6 Å². The average molecular weight is 319 g/mol. The minimum atomic E-state index is -0.322. The van der Waals surface area contributed by atoms with Gasteiger partial charge in [0.1, 0.15) is 6.10 Å². The zero-order chi connectivity index (χ0) is 16.2. The fourth-order valence-corrected chi connectivity index (χ4v) is 3.20. The first-order valence-electron chi connectivity index (χ1n) is 8.49. The Morgan fingerprint density at radius 3 is 2.87 bits per heavy atom. The monoisotopic (exact) mass is 319 g/mol. The Morgan fingerprint density at radius 2 is 2.17 bits per heavy atom. The van der Waals surface area contributed by atoms with Crippen LogP contribution in [0.2, 0.25) is 0 Å². The number of rotatable bonds is 6. The maximum Gasteiger partial charge on any atom is 0.336 e. The van der Waals surface area contributed by atoms with E-state index in [4.69, 9.17) is 10.5 Å². The Bertz CT molecular complexity index is 647. The van der Waals surface area contributed by atoms with Crippen LogP contribution >= 0.6 is 0 Å². The van der Waals surface area contributed by atoms with Gasteiger partial charge in [-0.25, -0.2) is 9.50 Å². The quantitative estimate of drug-likeness (QED) is 0.844. The van der Waals surface area contributed by atoms with Crippen molar-refractivity contribution in [1.29, 1.82) is 0 Å². The predicted octanol–water partition coefficient (Wildman–Crippen LogP) is 1.98. The van der Waals surface area contributed by atoms with E-state index in [1.54, 1.807) is 4.52 Å². The second kappa shape index (κ2) is 7.12. The molecule has 0 bridgehead atoms. The second-order valence-electron chi connectivity index (χ2n) is 6.30. The van der Waals surface area contributed by atoms with Crippen molar-refractivity contribution >= 4 is 11.5 Å². The van der Waals surface area contributed by atoms with Gasteiger partial charge in [0.25, 0.3) is 0 Å². The Balaban J connectivity index is 1.85. The van der Waals surface area contributed by atoms with E-state index in [-0.39, 0.29) is 18.7 Å². The number of aliphatic hydroxyl groups excluding tert-OH is 1. The Hall–Kier alpha value is -1.89. The fraction of sp³-hybridized carbons (Fsp3) is 0.688. The number of imidazole rings is 1. The van der Waals surface area contributed by atoms with E-state index in [2.05, 4.69) is 15.1 Å². The van der Waals surface area contributed by atoms with Gasteiger partial charge in [0.2, 0.25) is 0 Å². The number of nitrogens with two attached hydrogens (primary N) is 1. The molecule has 7 heteroatoms. The van der Waals surface area contributed by atoms with Crippen LogP contribution in [0.4, 0.5) is 5.82 Å². The highest BCUT2D eigenvalue weighted by atomic mass is 16.5. The maximum atomic E-state index is 9.27. The highest BCUT2D eigenvalue weighted by Crippen LogP contribution is 2.27. The Morgan fingerprint density at radius 1 is 1.39 bits per heavy atom. The van der Waals surface area contributed by atoms with Gasteiger partial charge in [0.15, 0.2) is 11.5 Å². The highest BCUT2D eigenvalue weighted by molar-refractivity contribution is 5.59. The molecular formula is C16H25N5O2. The van der Waals surface area contributed by atoms with E-state index < -0.39 is 0 Å². The first-order valence-corrected chi connectivity index (χ1v) is 8.49. The average Bonchev–Trinajstić information content (AvgIpc) is 2.97. The van der Waals surface area contributed by atoms with Gasteiger partial charge in [0.05, 0.1) is 18.5 Å². The summed E-state index contributed by atoms with van der Waals surface area (Å²) in [4.78, 5) is 8.50. The molecule has 2 aromatic rings. The number of hydrogen-bond donors (Lipinski definition) is 2. The van der Waals surface area contributed by atoms with Crippen molar-refractivity contribution in [2.24, 2.45) is 5.92 Å². The normalized spacial score (nSPS) is 17.5. The van der Waals surface area contributed by atoms with Gasteiger partial charge in [-0.2, -0.15) is 4.98 Å². The van der Waals surface area contributed by atoms with Crippen molar-refractivity contribution in [2.45, 2.75) is 58.0 Å². The molecule has 0 aliphatic heterocycles. The minimum Gasteiger partial charge on any atom is -0.457 e. The summed E-state index contributed by atoms with van der Waals surface area (Å²) in [6.45, 7) is 1.87. The number of aromatic nitrogens is 4. The maximum absolute atomic E-state index is 9.27. The summed E-state index contributed by atoms with van der Waals surface area (Å²) in [6, 6.07) is 0.193. The molecular weight excluding hydrogens is 294 g/mol. The van der Waals surface area contributed by atoms with Gasteiger partial charge in [-0.05, 0) is 18.8 Å². The minimum absolute atomic E-state index is 0.0728. The van der Waals surface area contributed by atoms with E-state index in [0.717, 1.165) is 12.1 Å². The van der Waals surface area contributed by atoms with Crippen molar-refractivity contribution in [2.75, 3.05) is 12.3 Å². The second-order valence-corrected chi connectivity index (χ2v) is 6.30. The first kappa shape index (κ1) is 16.0. The third-order valence-electron chi connectivity index (χ3n) is 4.59. The van der Waals surface area contributed by atoms with E-state index in [9.17, 15) is 5.11 Å². The van der Waals surface area contributed by atoms with Crippen molar-refractivity contribution in [3.05, 3.63) is 11.9 Å². The van der Waals surface area contributed by atoms with E-state index in [1.165, 1.54) is 32.1 Å². The van der Waals surface area contributed by atoms with E-state index in [1.807, 2.05) is 13.1 Å². The van der Waals surface area contributed by atoms with E-state index in [0.29, 0.717) is 23.8 Å². The molecule has 23 heavy (non-hydrogen) atoms. The van der Waals surface area contributed by atoms with Crippen LogP contribution in [-0.4, -0.2) is 37.4 Å². The van der Waals surface area contributed by atoms with Crippen LogP contribution in [0.3, 0.4) is 0 Å². The predicted molar refractivity (Wildman–Crippen MR) is 87.3 cm³/mol. The number of aliphatic hydroxyl groups is 1. The molecule has 2 heterocycles. The smallest absolute Gasteiger partial charge is 0.336 e. The molecule has 126 valence electrons. The number of nitrogens with zero attached hydrogens (tertiary/aromatic N) is 4. The van der Waals surface area contributed by atoms with Gasteiger partial charge in [-0.15, -0.1) is 5.10 Å². The molecule has 1 fully saturated rings. The molecule has 0 saturated heterocycles. The van der Waals surface area contributed by atoms with Gasteiger partial charge in [-0.3, -0.25) is 0 Å². The molecule has 0 amide bonds. The number of fused-ring (bicyclic) bond motifs is 1. The van der Waals surface area contributed by atoms with Gasteiger partial charge in [-0.1, -0.05) is 39.0 Å². The van der Waals surface area contributed by atoms with E-state index >= 15 is 0 Å². The van der Waals surface area contributed by atoms with Crippen molar-refractivity contribution in [1.82, 2.24) is 19.6 Å². The lowest BCUT2D eigenvalue weighted by Crippen LogP contribution is -2.22. The molecule has 3 rings (SSSR count). The molecule has 2 aromatic heterocycles. The van der Waals surface area contributed by atoms with Crippen LogP contribution in [0.1, 0.15) is 51.1 Å². The molecule has 0 spiro atoms. The number of hydrogen-bond acceptors (Lipinski definition) is 6. The molecule has 7 nitrogen and oxygen atoms in total. The number of nitrogen functional groups attached to an aromatic ring is 1. The van der Waals surface area contributed by atoms with Gasteiger partial charge in [0, 0.05) is 0 Å². The van der Waals surface area contributed by atoms with Crippen LogP contribution in [0.5, 0.6) is 6.01 Å². The summed E-state index contributed by atoms with van der Waals surface area (Å²) in [5.74, 6) is 0.989. The van der Waals surface area contributed by atoms with Gasteiger partial charge >= 0.3 is 6.01 Å². The summed E-state index contributed by atoms with van der Waals surface area (Å²) in [6.07, 6.45) is 9.63. The van der Waals surface area contributed by atoms with Crippen LogP contribution in [0, 0.1) is 5.92 Å². The topological polar surface area (TPSA) is 98.6 Å². The lowest BCUT2D eigenvalue weighted by molar-refractivity contribution is 0.102. The van der Waals surface area contributed by atoms with Crippen LogP contribution in [0.15, 0.2) is 6.20 Å². The van der Waals surface area contributed by atoms with Crippen LogP contribution in [0.25, 0.3) is 5.65 Å². The van der Waals surface area contributed by atoms with Crippen LogP contribution < -0.4 is 10.5 Å². The zero-order valence-corrected chi connectivity index (χ0v) is 13.6. The molecule has 1 aliphatic rings. The molecule has 3 N–H and O–H groups in total. The summed E-state index contributed by atoms with van der Waals surface area (Å²) < 4.78 is 7.36. The molecule has 1 aliphatic carbocycles. The zero-order valence-electron chi connectivity index (χ0n) is 13.6. The lowest BCUT2D eigenvalue weighted by atomic mass is 9.86. The first-order chi connectivity index (χ1) is 11.2. The van der Waals surface area contributed by atoms with Crippen LogP contribution in [-0.2, 0) is 6.42 Å². The summed E-state index contributed by atoms with van der Waals surface area (Å²) in [5, 5.41) is 13.7. The summed E-state index contributed by atoms with van der Waals surface area (Å²) in [7, 11) is 0. The Kier molecular flexibility index (Phi) is 4.95. The SMILES string of the molecule is CC[C@H](CO)Oc1nc(N)c2ncc(CC3CCCCC3)n2n1. The molecule has 0 radical (unpaired) electrons. The number of ether oxygens (including phenoxy) is 1. The Labute approximate surface area is 135 Å². The molecule has 0 aromatic carbocycles. The largest absolute Gasteiger partial charge is 0.457 e. The molecule has 1 saturated carbocycles. The third kappa shape index (κ3) is 3.55. The molecule has 1 atom stereocenters. The highest BCUT2D eigenvalue weighted by Gasteiger charge is 2.19. The standard InChI is InChI=1S/C16H25N5O2/c1-2-13(10-22)23-16-19-14(17)15-18-9-12(21(15)20-16)8-11-6-4-3-5-7-11/h9,11,13,22H,2-8,10H2,1H3,(H2,17,19,20)/t13-/m1/s1. The van der Waals surface area contributed by atoms with Crippen molar-refractivity contribution in [3.8, 4) is 6.01 Å².